The number of halogens is 2. The lowest BCUT2D eigenvalue weighted by atomic mass is 9.93. The SMILES string of the molecule is CC(C)c1ccc(CC(CBr)Cc2ccc(Br)cc2)cc1. The van der Waals surface area contributed by atoms with Crippen molar-refractivity contribution in [1.82, 2.24) is 0 Å². The molecule has 2 heteroatoms. The van der Waals surface area contributed by atoms with E-state index in [1.54, 1.807) is 0 Å². The first-order chi connectivity index (χ1) is 10.1. The molecule has 2 aromatic carbocycles. The Labute approximate surface area is 145 Å². The van der Waals surface area contributed by atoms with Gasteiger partial charge < -0.3 is 0 Å². The van der Waals surface area contributed by atoms with Crippen molar-refractivity contribution in [3.63, 3.8) is 0 Å². The molecule has 0 heterocycles. The second kappa shape index (κ2) is 8.14. The number of alkyl halides is 1. The van der Waals surface area contributed by atoms with E-state index in [1.807, 2.05) is 0 Å². The van der Waals surface area contributed by atoms with E-state index in [0.717, 1.165) is 22.6 Å². The van der Waals surface area contributed by atoms with E-state index < -0.39 is 0 Å². The molecule has 0 spiro atoms. The minimum absolute atomic E-state index is 0.605. The molecule has 0 bridgehead atoms. The molecule has 0 aliphatic heterocycles. The van der Waals surface area contributed by atoms with E-state index in [4.69, 9.17) is 0 Å². The van der Waals surface area contributed by atoms with E-state index in [-0.39, 0.29) is 0 Å². The molecule has 0 N–H and O–H groups in total. The molecule has 0 saturated heterocycles. The maximum Gasteiger partial charge on any atom is 0.0175 e. The lowest BCUT2D eigenvalue weighted by Crippen LogP contribution is -2.10. The fourth-order valence-electron chi connectivity index (χ4n) is 2.51. The smallest absolute Gasteiger partial charge is 0.0175 e. The van der Waals surface area contributed by atoms with Crippen LogP contribution in [0.1, 0.15) is 36.5 Å². The normalized spacial score (nSPS) is 12.6. The Balaban J connectivity index is 1.99. The van der Waals surface area contributed by atoms with Gasteiger partial charge in [0.2, 0.25) is 0 Å². The lowest BCUT2D eigenvalue weighted by Gasteiger charge is -2.15. The van der Waals surface area contributed by atoms with Crippen molar-refractivity contribution in [2.75, 3.05) is 5.33 Å². The summed E-state index contributed by atoms with van der Waals surface area (Å²) < 4.78 is 1.14. The summed E-state index contributed by atoms with van der Waals surface area (Å²) in [4.78, 5) is 0. The third-order valence-corrected chi connectivity index (χ3v) is 5.27. The number of benzene rings is 2. The Kier molecular flexibility index (Phi) is 6.50. The molecule has 0 aliphatic rings. The van der Waals surface area contributed by atoms with Gasteiger partial charge in [0.15, 0.2) is 0 Å². The summed E-state index contributed by atoms with van der Waals surface area (Å²) in [7, 11) is 0. The molecule has 112 valence electrons. The van der Waals surface area contributed by atoms with Crippen LogP contribution in [0.3, 0.4) is 0 Å². The summed E-state index contributed by atoms with van der Waals surface area (Å²) in [5, 5.41) is 1.04. The fraction of sp³-hybridized carbons (Fsp3) is 0.368. The first-order valence-corrected chi connectivity index (χ1v) is 9.39. The van der Waals surface area contributed by atoms with Gasteiger partial charge in [0, 0.05) is 9.80 Å². The van der Waals surface area contributed by atoms with Crippen molar-refractivity contribution in [3.8, 4) is 0 Å². The van der Waals surface area contributed by atoms with Crippen LogP contribution < -0.4 is 0 Å². The third-order valence-electron chi connectivity index (χ3n) is 3.83. The van der Waals surface area contributed by atoms with E-state index in [2.05, 4.69) is 94.2 Å². The molecule has 1 atom stereocenters. The topological polar surface area (TPSA) is 0 Å². The summed E-state index contributed by atoms with van der Waals surface area (Å²) in [6, 6.07) is 17.8. The van der Waals surface area contributed by atoms with E-state index >= 15 is 0 Å². The van der Waals surface area contributed by atoms with Crippen molar-refractivity contribution in [1.29, 1.82) is 0 Å². The summed E-state index contributed by atoms with van der Waals surface area (Å²) in [6.07, 6.45) is 2.24. The van der Waals surface area contributed by atoms with Crippen molar-refractivity contribution in [3.05, 3.63) is 69.7 Å². The summed E-state index contributed by atoms with van der Waals surface area (Å²) in [5.74, 6) is 1.24. The average Bonchev–Trinajstić information content (AvgIpc) is 2.49. The number of rotatable bonds is 6. The molecule has 2 rings (SSSR count). The van der Waals surface area contributed by atoms with Gasteiger partial charge in [-0.05, 0) is 53.5 Å². The lowest BCUT2D eigenvalue weighted by molar-refractivity contribution is 0.591. The van der Waals surface area contributed by atoms with Gasteiger partial charge >= 0.3 is 0 Å². The summed E-state index contributed by atoms with van der Waals surface area (Å²) >= 11 is 7.17. The molecular formula is C19H22Br2. The average molecular weight is 410 g/mol. The second-order valence-electron chi connectivity index (χ2n) is 5.95. The monoisotopic (exact) mass is 408 g/mol. The molecule has 0 amide bonds. The summed E-state index contributed by atoms with van der Waals surface area (Å²) in [5.41, 5.74) is 4.25. The van der Waals surface area contributed by atoms with Gasteiger partial charge in [-0.3, -0.25) is 0 Å². The molecule has 0 fully saturated rings. The first-order valence-electron chi connectivity index (χ1n) is 7.47. The largest absolute Gasteiger partial charge is 0.0925 e. The minimum atomic E-state index is 0.605. The maximum absolute atomic E-state index is 3.67. The van der Waals surface area contributed by atoms with Crippen LogP contribution in [0.5, 0.6) is 0 Å². The van der Waals surface area contributed by atoms with Gasteiger partial charge in [0.25, 0.3) is 0 Å². The van der Waals surface area contributed by atoms with Crippen LogP contribution in [-0.4, -0.2) is 5.33 Å². The Morgan fingerprint density at radius 3 is 1.71 bits per heavy atom. The van der Waals surface area contributed by atoms with Crippen molar-refractivity contribution in [2.24, 2.45) is 5.92 Å². The van der Waals surface area contributed by atoms with Gasteiger partial charge in [-0.15, -0.1) is 0 Å². The zero-order chi connectivity index (χ0) is 15.2. The fourth-order valence-corrected chi connectivity index (χ4v) is 3.23. The molecule has 0 radical (unpaired) electrons. The van der Waals surface area contributed by atoms with Crippen LogP contribution in [0.15, 0.2) is 53.0 Å². The van der Waals surface area contributed by atoms with Gasteiger partial charge in [0.1, 0.15) is 0 Å². The minimum Gasteiger partial charge on any atom is -0.0925 e. The van der Waals surface area contributed by atoms with Crippen LogP contribution in [0.25, 0.3) is 0 Å². The molecular weight excluding hydrogens is 388 g/mol. The second-order valence-corrected chi connectivity index (χ2v) is 7.51. The van der Waals surface area contributed by atoms with E-state index in [1.165, 1.54) is 16.7 Å². The predicted molar refractivity (Wildman–Crippen MR) is 99.4 cm³/mol. The number of hydrogen-bond donors (Lipinski definition) is 0. The Hall–Kier alpha value is -0.600. The van der Waals surface area contributed by atoms with Crippen LogP contribution >= 0.6 is 31.9 Å². The van der Waals surface area contributed by atoms with Gasteiger partial charge in [-0.1, -0.05) is 82.1 Å². The Bertz CT molecular complexity index is 541. The molecule has 1 unspecified atom stereocenters. The van der Waals surface area contributed by atoms with Gasteiger partial charge in [0.05, 0.1) is 0 Å². The Morgan fingerprint density at radius 2 is 1.29 bits per heavy atom. The third kappa shape index (κ3) is 5.27. The molecule has 0 saturated carbocycles. The molecule has 2 aromatic rings. The van der Waals surface area contributed by atoms with Crippen molar-refractivity contribution in [2.45, 2.75) is 32.6 Å². The molecule has 0 nitrogen and oxygen atoms in total. The highest BCUT2D eigenvalue weighted by Crippen LogP contribution is 2.21. The van der Waals surface area contributed by atoms with Gasteiger partial charge in [-0.2, -0.15) is 0 Å². The quantitative estimate of drug-likeness (QED) is 0.486. The molecule has 0 aromatic heterocycles. The zero-order valence-corrected chi connectivity index (χ0v) is 15.8. The standard InChI is InChI=1S/C19H22Br2/c1-14(2)18-7-3-15(4-8-18)11-17(13-20)12-16-5-9-19(21)10-6-16/h3-10,14,17H,11-13H2,1-2H3. The van der Waals surface area contributed by atoms with E-state index in [9.17, 15) is 0 Å². The summed E-state index contributed by atoms with van der Waals surface area (Å²) in [6.45, 7) is 4.48. The maximum atomic E-state index is 3.67. The van der Waals surface area contributed by atoms with Crippen molar-refractivity contribution >= 4 is 31.9 Å². The highest BCUT2D eigenvalue weighted by molar-refractivity contribution is 9.10. The number of hydrogen-bond acceptors (Lipinski definition) is 0. The first kappa shape index (κ1) is 16.8. The molecule has 0 aliphatic carbocycles. The van der Waals surface area contributed by atoms with Crippen LogP contribution in [-0.2, 0) is 12.8 Å². The predicted octanol–water partition coefficient (Wildman–Crippen LogP) is 6.37. The van der Waals surface area contributed by atoms with Crippen LogP contribution in [0, 0.1) is 5.92 Å². The molecule has 21 heavy (non-hydrogen) atoms. The van der Waals surface area contributed by atoms with Gasteiger partial charge in [-0.25, -0.2) is 0 Å². The highest BCUT2D eigenvalue weighted by atomic mass is 79.9. The van der Waals surface area contributed by atoms with E-state index in [0.29, 0.717) is 11.8 Å². The van der Waals surface area contributed by atoms with Crippen LogP contribution in [0.4, 0.5) is 0 Å². The Morgan fingerprint density at radius 1 is 0.810 bits per heavy atom. The zero-order valence-electron chi connectivity index (χ0n) is 12.7. The van der Waals surface area contributed by atoms with Crippen LogP contribution in [0.2, 0.25) is 0 Å². The highest BCUT2D eigenvalue weighted by Gasteiger charge is 2.10. The van der Waals surface area contributed by atoms with Crippen molar-refractivity contribution < 1.29 is 0 Å².